The summed E-state index contributed by atoms with van der Waals surface area (Å²) in [6.07, 6.45) is 4.98. The van der Waals surface area contributed by atoms with Crippen molar-refractivity contribution in [2.24, 2.45) is 0 Å². The van der Waals surface area contributed by atoms with Gasteiger partial charge in [0.15, 0.2) is 0 Å². The standard InChI is InChI=1S/C23H25N3O2S/c1-23(2,3)18-8-6-17(7-9-18)21(27)22(28)25-12-4-5-20-26-19(15-29-20)16-10-13-24-14-11-16/h6-11,13-15H,4-5,12H2,1-3H3,(H,25,28). The minimum atomic E-state index is -0.565. The second kappa shape index (κ2) is 9.09. The molecule has 0 aliphatic heterocycles. The number of nitrogens with zero attached hydrogens (tertiary/aromatic N) is 2. The summed E-state index contributed by atoms with van der Waals surface area (Å²) in [4.78, 5) is 33.1. The van der Waals surface area contributed by atoms with E-state index < -0.39 is 11.7 Å². The third-order valence-corrected chi connectivity index (χ3v) is 5.51. The molecule has 0 radical (unpaired) electrons. The van der Waals surface area contributed by atoms with Crippen LogP contribution in [-0.2, 0) is 16.6 Å². The van der Waals surface area contributed by atoms with Crippen LogP contribution in [0, 0.1) is 0 Å². The lowest BCUT2D eigenvalue weighted by molar-refractivity contribution is -0.117. The molecule has 0 saturated heterocycles. The number of Topliss-reactive ketones (excluding diaryl/α,β-unsaturated/α-hetero) is 1. The number of aromatic nitrogens is 2. The molecule has 3 rings (SSSR count). The van der Waals surface area contributed by atoms with Crippen molar-refractivity contribution in [3.8, 4) is 11.3 Å². The fourth-order valence-corrected chi connectivity index (χ4v) is 3.71. The summed E-state index contributed by atoms with van der Waals surface area (Å²) in [5.74, 6) is -1.06. The highest BCUT2D eigenvalue weighted by molar-refractivity contribution is 7.09. The Morgan fingerprint density at radius 2 is 1.72 bits per heavy atom. The van der Waals surface area contributed by atoms with E-state index in [0.717, 1.165) is 34.7 Å². The Hall–Kier alpha value is -2.86. The van der Waals surface area contributed by atoms with Crippen LogP contribution in [0.4, 0.5) is 0 Å². The van der Waals surface area contributed by atoms with Gasteiger partial charge in [0.25, 0.3) is 5.91 Å². The summed E-state index contributed by atoms with van der Waals surface area (Å²) < 4.78 is 0. The van der Waals surface area contributed by atoms with Gasteiger partial charge >= 0.3 is 0 Å². The van der Waals surface area contributed by atoms with Crippen LogP contribution < -0.4 is 5.32 Å². The maximum atomic E-state index is 12.3. The summed E-state index contributed by atoms with van der Waals surface area (Å²) >= 11 is 1.60. The van der Waals surface area contributed by atoms with Crippen LogP contribution in [0.3, 0.4) is 0 Å². The van der Waals surface area contributed by atoms with Crippen molar-refractivity contribution in [2.45, 2.75) is 39.0 Å². The van der Waals surface area contributed by atoms with Crippen LogP contribution in [0.15, 0.2) is 54.2 Å². The van der Waals surface area contributed by atoms with E-state index in [9.17, 15) is 9.59 Å². The van der Waals surface area contributed by atoms with Crippen LogP contribution >= 0.6 is 11.3 Å². The Kier molecular flexibility index (Phi) is 6.54. The molecule has 6 heteroatoms. The second-order valence-electron chi connectivity index (χ2n) is 7.88. The van der Waals surface area contributed by atoms with Gasteiger partial charge in [-0.1, -0.05) is 45.0 Å². The molecular weight excluding hydrogens is 382 g/mol. The van der Waals surface area contributed by atoms with Crippen molar-refractivity contribution < 1.29 is 9.59 Å². The van der Waals surface area contributed by atoms with Crippen molar-refractivity contribution in [1.82, 2.24) is 15.3 Å². The number of carbonyl (C=O) groups excluding carboxylic acids is 2. The number of hydrogen-bond acceptors (Lipinski definition) is 5. The van der Waals surface area contributed by atoms with E-state index in [1.54, 1.807) is 35.9 Å². The predicted octanol–water partition coefficient (Wildman–Crippen LogP) is 4.43. The normalized spacial score (nSPS) is 11.3. The van der Waals surface area contributed by atoms with E-state index in [1.165, 1.54) is 0 Å². The molecule has 29 heavy (non-hydrogen) atoms. The number of thiazole rings is 1. The van der Waals surface area contributed by atoms with Gasteiger partial charge in [-0.15, -0.1) is 11.3 Å². The van der Waals surface area contributed by atoms with Crippen molar-refractivity contribution in [2.75, 3.05) is 6.54 Å². The molecule has 1 aromatic carbocycles. The number of benzene rings is 1. The molecule has 2 aromatic heterocycles. The number of amides is 1. The molecule has 0 saturated carbocycles. The predicted molar refractivity (Wildman–Crippen MR) is 116 cm³/mol. The SMILES string of the molecule is CC(C)(C)c1ccc(C(=O)C(=O)NCCCc2nc(-c3ccncc3)cs2)cc1. The Labute approximate surface area is 175 Å². The molecule has 5 nitrogen and oxygen atoms in total. The summed E-state index contributed by atoms with van der Waals surface area (Å²) in [6.45, 7) is 6.77. The van der Waals surface area contributed by atoms with Gasteiger partial charge in [-0.3, -0.25) is 14.6 Å². The minimum absolute atomic E-state index is 0.0108. The average molecular weight is 408 g/mol. The van der Waals surface area contributed by atoms with Gasteiger partial charge in [-0.2, -0.15) is 0 Å². The molecule has 0 atom stereocenters. The average Bonchev–Trinajstić information content (AvgIpc) is 3.19. The lowest BCUT2D eigenvalue weighted by Gasteiger charge is -2.18. The lowest BCUT2D eigenvalue weighted by atomic mass is 9.86. The maximum absolute atomic E-state index is 12.3. The van der Waals surface area contributed by atoms with Gasteiger partial charge < -0.3 is 5.32 Å². The fraction of sp³-hybridized carbons (Fsp3) is 0.304. The number of aryl methyl sites for hydroxylation is 1. The zero-order chi connectivity index (χ0) is 20.9. The van der Waals surface area contributed by atoms with E-state index in [0.29, 0.717) is 12.1 Å². The highest BCUT2D eigenvalue weighted by atomic mass is 32.1. The largest absolute Gasteiger partial charge is 0.349 e. The number of pyridine rings is 1. The van der Waals surface area contributed by atoms with Crippen LogP contribution in [0.2, 0.25) is 0 Å². The molecule has 1 amide bonds. The number of rotatable bonds is 7. The quantitative estimate of drug-likeness (QED) is 0.357. The molecule has 0 fully saturated rings. The van der Waals surface area contributed by atoms with Gasteiger partial charge in [0.1, 0.15) is 0 Å². The van der Waals surface area contributed by atoms with E-state index in [4.69, 9.17) is 0 Å². The number of hydrogen-bond donors (Lipinski definition) is 1. The summed E-state index contributed by atoms with van der Waals surface area (Å²) in [6, 6.07) is 11.1. The monoisotopic (exact) mass is 407 g/mol. The highest BCUT2D eigenvalue weighted by Crippen LogP contribution is 2.23. The molecule has 150 valence electrons. The summed E-state index contributed by atoms with van der Waals surface area (Å²) in [5.41, 5.74) is 3.53. The molecule has 0 aliphatic rings. The topological polar surface area (TPSA) is 72.0 Å². The molecule has 0 spiro atoms. The smallest absolute Gasteiger partial charge is 0.292 e. The lowest BCUT2D eigenvalue weighted by Crippen LogP contribution is -2.32. The molecule has 1 N–H and O–H groups in total. The third kappa shape index (κ3) is 5.57. The minimum Gasteiger partial charge on any atom is -0.349 e. The first-order valence-electron chi connectivity index (χ1n) is 9.62. The van der Waals surface area contributed by atoms with Crippen molar-refractivity contribution in [3.63, 3.8) is 0 Å². The highest BCUT2D eigenvalue weighted by Gasteiger charge is 2.18. The van der Waals surface area contributed by atoms with Gasteiger partial charge in [0.05, 0.1) is 10.7 Å². The molecular formula is C23H25N3O2S. The fourth-order valence-electron chi connectivity index (χ4n) is 2.86. The zero-order valence-corrected chi connectivity index (χ0v) is 17.8. The second-order valence-corrected chi connectivity index (χ2v) is 8.82. The summed E-state index contributed by atoms with van der Waals surface area (Å²) in [7, 11) is 0. The van der Waals surface area contributed by atoms with E-state index in [-0.39, 0.29) is 5.41 Å². The van der Waals surface area contributed by atoms with E-state index >= 15 is 0 Å². The first kappa shape index (κ1) is 20.9. The summed E-state index contributed by atoms with van der Waals surface area (Å²) in [5, 5.41) is 5.75. The Balaban J connectivity index is 1.46. The Bertz CT molecular complexity index is 973. The van der Waals surface area contributed by atoms with Gasteiger partial charge in [0.2, 0.25) is 5.78 Å². The van der Waals surface area contributed by atoms with E-state index in [2.05, 4.69) is 36.1 Å². The van der Waals surface area contributed by atoms with Crippen LogP contribution in [0.25, 0.3) is 11.3 Å². The van der Waals surface area contributed by atoms with Crippen molar-refractivity contribution >= 4 is 23.0 Å². The van der Waals surface area contributed by atoms with Crippen LogP contribution in [0.5, 0.6) is 0 Å². The first-order chi connectivity index (χ1) is 13.8. The van der Waals surface area contributed by atoms with Gasteiger partial charge in [0, 0.05) is 41.9 Å². The Morgan fingerprint density at radius 1 is 1.03 bits per heavy atom. The van der Waals surface area contributed by atoms with Gasteiger partial charge in [-0.25, -0.2) is 4.98 Å². The maximum Gasteiger partial charge on any atom is 0.292 e. The van der Waals surface area contributed by atoms with Crippen LogP contribution in [0.1, 0.15) is 48.1 Å². The number of ketones is 1. The molecule has 0 bridgehead atoms. The van der Waals surface area contributed by atoms with Crippen molar-refractivity contribution in [1.29, 1.82) is 0 Å². The van der Waals surface area contributed by atoms with Crippen molar-refractivity contribution in [3.05, 3.63) is 70.3 Å². The molecule has 3 aromatic rings. The number of nitrogens with one attached hydrogen (secondary N) is 1. The molecule has 0 unspecified atom stereocenters. The zero-order valence-electron chi connectivity index (χ0n) is 16.9. The first-order valence-corrected chi connectivity index (χ1v) is 10.5. The molecule has 2 heterocycles. The van der Waals surface area contributed by atoms with Crippen LogP contribution in [-0.4, -0.2) is 28.2 Å². The van der Waals surface area contributed by atoms with E-state index in [1.807, 2.05) is 29.6 Å². The third-order valence-electron chi connectivity index (χ3n) is 4.60. The Morgan fingerprint density at radius 3 is 2.38 bits per heavy atom. The number of carbonyl (C=O) groups is 2. The molecule has 0 aliphatic carbocycles. The van der Waals surface area contributed by atoms with Gasteiger partial charge in [-0.05, 0) is 29.5 Å².